The van der Waals surface area contributed by atoms with E-state index in [1.165, 1.54) is 23.3 Å². The summed E-state index contributed by atoms with van der Waals surface area (Å²) < 4.78 is 11.8. The fraction of sp³-hybridized carbons (Fsp3) is 0.786. The summed E-state index contributed by atoms with van der Waals surface area (Å²) in [5, 5.41) is 15.8. The average molecular weight is 586 g/mol. The Morgan fingerprint density at radius 1 is 1.10 bits per heavy atom. The van der Waals surface area contributed by atoms with Crippen molar-refractivity contribution in [2.75, 3.05) is 13.8 Å². The summed E-state index contributed by atoms with van der Waals surface area (Å²) in [6.07, 6.45) is 1.68. The Kier molecular flexibility index (Phi) is 15.4. The number of rotatable bonds is 18. The number of esters is 1. The van der Waals surface area contributed by atoms with Crippen LogP contribution < -0.4 is 5.32 Å². The van der Waals surface area contributed by atoms with Crippen LogP contribution in [0, 0.1) is 11.8 Å². The van der Waals surface area contributed by atoms with Crippen molar-refractivity contribution in [1.29, 1.82) is 0 Å². The number of nitrogens with zero attached hydrogens (tertiary/aromatic N) is 2. The summed E-state index contributed by atoms with van der Waals surface area (Å²) in [6, 6.07) is 1.67. The average Bonchev–Trinajstić information content (AvgIpc) is 3.43. The molecule has 0 radical (unpaired) electrons. The van der Waals surface area contributed by atoms with Crippen LogP contribution in [-0.2, 0) is 18.8 Å². The lowest BCUT2D eigenvalue weighted by Gasteiger charge is -2.40. The SMILES string of the molecule is CCCC(=O)N[C@H](C(=O)N(CO)[C@H](C[C@@H](O[Si](CC)(CC)CC)c1nc(C(=O)OC)cs1)C(C)C)[C@@H](C)CC. The summed E-state index contributed by atoms with van der Waals surface area (Å²) in [5.41, 5.74) is 0.231. The van der Waals surface area contributed by atoms with E-state index in [9.17, 15) is 19.5 Å². The van der Waals surface area contributed by atoms with Crippen molar-refractivity contribution in [3.63, 3.8) is 0 Å². The second-order valence-electron chi connectivity index (χ2n) is 10.6. The number of carbonyl (C=O) groups is 3. The molecule has 4 atom stereocenters. The molecule has 1 aromatic heterocycles. The Labute approximate surface area is 240 Å². The molecule has 0 bridgehead atoms. The van der Waals surface area contributed by atoms with Gasteiger partial charge in [0.05, 0.1) is 13.2 Å². The standard InChI is InChI=1S/C28H51N3O6SSi/c1-10-15-24(33)30-25(20(8)11-2)27(34)31(18-32)22(19(6)7)16-23(37-39(12-3,13-4)14-5)26-29-21(17-38-26)28(35)36-9/h17,19-20,22-23,25,32H,10-16,18H2,1-9H3,(H,30,33)/t20-,22+,23+,25-/m0/s1. The first-order chi connectivity index (χ1) is 18.5. The predicted octanol–water partition coefficient (Wildman–Crippen LogP) is 5.52. The summed E-state index contributed by atoms with van der Waals surface area (Å²) >= 11 is 1.35. The lowest BCUT2D eigenvalue weighted by atomic mass is 9.93. The minimum absolute atomic E-state index is 0.0166. The molecule has 0 fully saturated rings. The van der Waals surface area contributed by atoms with Crippen molar-refractivity contribution in [3.05, 3.63) is 16.1 Å². The normalized spacial score (nSPS) is 14.9. The van der Waals surface area contributed by atoms with Crippen LogP contribution in [-0.4, -0.2) is 67.0 Å². The summed E-state index contributed by atoms with van der Waals surface area (Å²) in [5.74, 6) is -1.09. The molecule has 0 saturated carbocycles. The minimum Gasteiger partial charge on any atom is -0.464 e. The first-order valence-electron chi connectivity index (χ1n) is 14.4. The Hall–Kier alpha value is -1.82. The Morgan fingerprint density at radius 3 is 2.18 bits per heavy atom. The van der Waals surface area contributed by atoms with E-state index in [0.717, 1.165) is 18.1 Å². The lowest BCUT2D eigenvalue weighted by Crippen LogP contribution is -2.56. The van der Waals surface area contributed by atoms with Gasteiger partial charge in [0.2, 0.25) is 11.8 Å². The zero-order chi connectivity index (χ0) is 29.8. The van der Waals surface area contributed by atoms with E-state index in [2.05, 4.69) is 31.1 Å². The number of aliphatic hydroxyl groups excluding tert-OH is 1. The van der Waals surface area contributed by atoms with E-state index in [0.29, 0.717) is 30.7 Å². The van der Waals surface area contributed by atoms with Crippen LogP contribution in [0.1, 0.15) is 103 Å². The molecular formula is C28H51N3O6SSi. The number of methoxy groups -OCH3 is 1. The van der Waals surface area contributed by atoms with Gasteiger partial charge >= 0.3 is 5.97 Å². The fourth-order valence-corrected chi connectivity index (χ4v) is 8.51. The van der Waals surface area contributed by atoms with E-state index in [4.69, 9.17) is 9.16 Å². The van der Waals surface area contributed by atoms with Gasteiger partial charge in [0.1, 0.15) is 17.8 Å². The van der Waals surface area contributed by atoms with E-state index in [-0.39, 0.29) is 35.4 Å². The minimum atomic E-state index is -2.11. The Balaban J connectivity index is 3.49. The number of hydrogen-bond donors (Lipinski definition) is 2. The van der Waals surface area contributed by atoms with Crippen molar-refractivity contribution in [3.8, 4) is 0 Å². The molecule has 2 N–H and O–H groups in total. The molecule has 0 aliphatic rings. The molecule has 1 aromatic rings. The molecule has 1 rings (SSSR count). The number of carbonyl (C=O) groups excluding carboxylic acids is 3. The highest BCUT2D eigenvalue weighted by atomic mass is 32.1. The largest absolute Gasteiger partial charge is 0.464 e. The zero-order valence-electron chi connectivity index (χ0n) is 25.4. The smallest absolute Gasteiger partial charge is 0.357 e. The third kappa shape index (κ3) is 9.65. The first-order valence-corrected chi connectivity index (χ1v) is 17.8. The van der Waals surface area contributed by atoms with Gasteiger partial charge in [0.25, 0.3) is 0 Å². The highest BCUT2D eigenvalue weighted by Gasteiger charge is 2.39. The third-order valence-electron chi connectivity index (χ3n) is 7.85. The van der Waals surface area contributed by atoms with Crippen LogP contribution in [0.25, 0.3) is 0 Å². The lowest BCUT2D eigenvalue weighted by molar-refractivity contribution is -0.146. The molecule has 2 amide bonds. The van der Waals surface area contributed by atoms with Gasteiger partial charge in [-0.3, -0.25) is 9.59 Å². The second kappa shape index (κ2) is 17.1. The maximum atomic E-state index is 13.9. The van der Waals surface area contributed by atoms with Crippen LogP contribution in [0.3, 0.4) is 0 Å². The van der Waals surface area contributed by atoms with Gasteiger partial charge in [-0.1, -0.05) is 61.8 Å². The van der Waals surface area contributed by atoms with Crippen LogP contribution in [0.15, 0.2) is 5.38 Å². The molecule has 0 aliphatic heterocycles. The predicted molar refractivity (Wildman–Crippen MR) is 158 cm³/mol. The molecule has 39 heavy (non-hydrogen) atoms. The van der Waals surface area contributed by atoms with Crippen LogP contribution in [0.5, 0.6) is 0 Å². The highest BCUT2D eigenvalue weighted by molar-refractivity contribution is 7.09. The molecule has 9 nitrogen and oxygen atoms in total. The van der Waals surface area contributed by atoms with Gasteiger partial charge in [0, 0.05) is 17.8 Å². The van der Waals surface area contributed by atoms with Crippen molar-refractivity contribution in [1.82, 2.24) is 15.2 Å². The highest BCUT2D eigenvalue weighted by Crippen LogP contribution is 2.36. The summed E-state index contributed by atoms with van der Waals surface area (Å²) in [6.45, 7) is 15.8. The van der Waals surface area contributed by atoms with Crippen molar-refractivity contribution in [2.24, 2.45) is 11.8 Å². The number of ether oxygens (including phenoxy) is 1. The monoisotopic (exact) mass is 585 g/mol. The Bertz CT molecular complexity index is 899. The number of amides is 2. The van der Waals surface area contributed by atoms with Crippen LogP contribution in [0.2, 0.25) is 18.1 Å². The van der Waals surface area contributed by atoms with Crippen molar-refractivity contribution < 1.29 is 28.7 Å². The van der Waals surface area contributed by atoms with E-state index < -0.39 is 33.2 Å². The molecule has 0 aliphatic carbocycles. The molecular weight excluding hydrogens is 534 g/mol. The molecule has 1 heterocycles. The number of thiazole rings is 1. The first kappa shape index (κ1) is 35.2. The quantitative estimate of drug-likeness (QED) is 0.132. The topological polar surface area (TPSA) is 118 Å². The van der Waals surface area contributed by atoms with Crippen molar-refractivity contribution >= 4 is 37.4 Å². The van der Waals surface area contributed by atoms with Crippen LogP contribution >= 0.6 is 11.3 Å². The van der Waals surface area contributed by atoms with Crippen molar-refractivity contribution in [2.45, 2.75) is 117 Å². The molecule has 0 aromatic carbocycles. The number of aliphatic hydroxyl groups is 1. The van der Waals surface area contributed by atoms with Gasteiger partial charge in [0.15, 0.2) is 14.0 Å². The van der Waals surface area contributed by atoms with E-state index in [1.807, 2.05) is 34.6 Å². The summed E-state index contributed by atoms with van der Waals surface area (Å²) in [7, 11) is -0.788. The van der Waals surface area contributed by atoms with Gasteiger partial charge in [-0.25, -0.2) is 9.78 Å². The Morgan fingerprint density at radius 2 is 1.72 bits per heavy atom. The molecule has 0 saturated heterocycles. The maximum Gasteiger partial charge on any atom is 0.357 e. The third-order valence-corrected chi connectivity index (χ3v) is 13.4. The number of nitrogens with one attached hydrogen (secondary N) is 1. The van der Waals surface area contributed by atoms with Crippen LogP contribution in [0.4, 0.5) is 0 Å². The number of hydrogen-bond acceptors (Lipinski definition) is 8. The molecule has 224 valence electrons. The fourth-order valence-electron chi connectivity index (χ4n) is 4.79. The molecule has 11 heteroatoms. The van der Waals surface area contributed by atoms with Gasteiger partial charge in [-0.2, -0.15) is 0 Å². The zero-order valence-corrected chi connectivity index (χ0v) is 27.2. The maximum absolute atomic E-state index is 13.9. The van der Waals surface area contributed by atoms with Gasteiger partial charge < -0.3 is 24.5 Å². The summed E-state index contributed by atoms with van der Waals surface area (Å²) in [4.78, 5) is 44.6. The van der Waals surface area contributed by atoms with Gasteiger partial charge in [-0.05, 0) is 42.8 Å². The number of aromatic nitrogens is 1. The molecule has 0 spiro atoms. The van der Waals surface area contributed by atoms with E-state index in [1.54, 1.807) is 5.38 Å². The second-order valence-corrected chi connectivity index (χ2v) is 16.2. The molecule has 0 unspecified atom stereocenters. The van der Waals surface area contributed by atoms with E-state index >= 15 is 0 Å². The van der Waals surface area contributed by atoms with Gasteiger partial charge in [-0.15, -0.1) is 11.3 Å².